The van der Waals surface area contributed by atoms with Crippen molar-refractivity contribution in [1.29, 1.82) is 0 Å². The minimum Gasteiger partial charge on any atom is -0.349 e. The lowest BCUT2D eigenvalue weighted by molar-refractivity contribution is 0.0930. The Bertz CT molecular complexity index is 577. The van der Waals surface area contributed by atoms with Crippen LogP contribution in [0.2, 0.25) is 0 Å². The number of benzene rings is 1. The average Bonchev–Trinajstić information content (AvgIpc) is 2.98. The van der Waals surface area contributed by atoms with Gasteiger partial charge in [-0.2, -0.15) is 15.4 Å². The quantitative estimate of drug-likeness (QED) is 0.847. The minimum atomic E-state index is -0.0151. The zero-order valence-electron chi connectivity index (χ0n) is 10.3. The Morgan fingerprint density at radius 2 is 2.17 bits per heavy atom. The van der Waals surface area contributed by atoms with Gasteiger partial charge in [0.15, 0.2) is 0 Å². The Hall–Kier alpha value is -1.91. The number of rotatable bonds is 2. The maximum atomic E-state index is 12.1. The van der Waals surface area contributed by atoms with Crippen molar-refractivity contribution in [2.75, 3.05) is 0 Å². The molecule has 0 aliphatic heterocycles. The van der Waals surface area contributed by atoms with Crippen LogP contribution in [0.5, 0.6) is 0 Å². The number of carbonyl (C=O) groups is 1. The van der Waals surface area contributed by atoms with E-state index in [9.17, 15) is 4.79 Å². The molecule has 0 spiro atoms. The first-order valence-corrected chi connectivity index (χ1v) is 6.35. The van der Waals surface area contributed by atoms with Crippen molar-refractivity contribution in [1.82, 2.24) is 20.7 Å². The summed E-state index contributed by atoms with van der Waals surface area (Å²) in [5.41, 5.74) is 2.15. The molecule has 1 aliphatic carbocycles. The molecule has 1 heterocycles. The van der Waals surface area contributed by atoms with Crippen molar-refractivity contribution in [3.8, 4) is 0 Å². The van der Waals surface area contributed by atoms with E-state index < -0.39 is 0 Å². The van der Waals surface area contributed by atoms with Gasteiger partial charge in [-0.25, -0.2) is 0 Å². The molecule has 2 N–H and O–H groups in total. The van der Waals surface area contributed by atoms with Crippen LogP contribution in [0.25, 0.3) is 11.0 Å². The topological polar surface area (TPSA) is 70.7 Å². The number of aromatic amines is 1. The third kappa shape index (κ3) is 1.96. The summed E-state index contributed by atoms with van der Waals surface area (Å²) < 4.78 is 0. The smallest absolute Gasteiger partial charge is 0.251 e. The van der Waals surface area contributed by atoms with Gasteiger partial charge in [-0.15, -0.1) is 0 Å². The first-order chi connectivity index (χ1) is 8.74. The fourth-order valence-corrected chi connectivity index (χ4v) is 2.59. The second-order valence-corrected chi connectivity index (χ2v) is 5.02. The van der Waals surface area contributed by atoms with Crippen molar-refractivity contribution in [3.05, 3.63) is 23.8 Å². The van der Waals surface area contributed by atoms with E-state index in [0.717, 1.165) is 17.5 Å². The van der Waals surface area contributed by atoms with E-state index in [4.69, 9.17) is 0 Å². The van der Waals surface area contributed by atoms with E-state index in [0.29, 0.717) is 17.5 Å². The molecule has 18 heavy (non-hydrogen) atoms. The van der Waals surface area contributed by atoms with Gasteiger partial charge in [-0.3, -0.25) is 4.79 Å². The molecule has 0 saturated heterocycles. The van der Waals surface area contributed by atoms with E-state index >= 15 is 0 Å². The highest BCUT2D eigenvalue weighted by Gasteiger charge is 2.25. The summed E-state index contributed by atoms with van der Waals surface area (Å²) in [6.07, 6.45) is 3.49. The van der Waals surface area contributed by atoms with E-state index in [1.807, 2.05) is 6.07 Å². The van der Waals surface area contributed by atoms with Crippen LogP contribution in [-0.4, -0.2) is 27.4 Å². The fourth-order valence-electron chi connectivity index (χ4n) is 2.59. The molecule has 3 rings (SSSR count). The third-order valence-corrected chi connectivity index (χ3v) is 3.76. The summed E-state index contributed by atoms with van der Waals surface area (Å²) in [5, 5.41) is 13.6. The molecule has 1 aromatic carbocycles. The second-order valence-electron chi connectivity index (χ2n) is 5.02. The van der Waals surface area contributed by atoms with Crippen LogP contribution in [0.3, 0.4) is 0 Å². The predicted molar refractivity (Wildman–Crippen MR) is 68.2 cm³/mol. The fraction of sp³-hybridized carbons (Fsp3) is 0.462. The molecular formula is C13H16N4O. The molecular weight excluding hydrogens is 228 g/mol. The lowest BCUT2D eigenvalue weighted by atomic mass is 10.1. The number of H-pyrrole nitrogens is 1. The number of nitrogens with one attached hydrogen (secondary N) is 2. The number of hydrogen-bond donors (Lipinski definition) is 2. The summed E-state index contributed by atoms with van der Waals surface area (Å²) in [6, 6.07) is 5.69. The number of fused-ring (bicyclic) bond motifs is 1. The van der Waals surface area contributed by atoms with Crippen molar-refractivity contribution < 1.29 is 4.79 Å². The minimum absolute atomic E-state index is 0.0151. The first-order valence-electron chi connectivity index (χ1n) is 6.35. The van der Waals surface area contributed by atoms with E-state index in [1.54, 1.807) is 12.1 Å². The molecule has 5 heteroatoms. The molecule has 0 radical (unpaired) electrons. The van der Waals surface area contributed by atoms with Crippen LogP contribution < -0.4 is 5.32 Å². The van der Waals surface area contributed by atoms with Gasteiger partial charge in [0.2, 0.25) is 0 Å². The van der Waals surface area contributed by atoms with Gasteiger partial charge in [-0.1, -0.05) is 13.3 Å². The molecule has 5 nitrogen and oxygen atoms in total. The van der Waals surface area contributed by atoms with E-state index in [1.165, 1.54) is 12.8 Å². The van der Waals surface area contributed by atoms with Crippen molar-refractivity contribution in [2.24, 2.45) is 5.92 Å². The lowest BCUT2D eigenvalue weighted by Crippen LogP contribution is -2.36. The normalized spacial score (nSPS) is 23.4. The molecule has 1 saturated carbocycles. The molecule has 94 valence electrons. The standard InChI is InChI=1S/C13H16N4O/c1-8-3-2-4-10(8)14-13(18)9-5-6-11-12(7-9)16-17-15-11/h5-8,10H,2-4H2,1H3,(H,14,18)(H,15,16,17)/t8-,10+/m1/s1. The second kappa shape index (κ2) is 4.40. The molecule has 2 aromatic rings. The predicted octanol–water partition coefficient (Wildman–Crippen LogP) is 1.88. The van der Waals surface area contributed by atoms with Crippen LogP contribution in [0.1, 0.15) is 36.5 Å². The Morgan fingerprint density at radius 3 is 2.94 bits per heavy atom. The largest absolute Gasteiger partial charge is 0.349 e. The zero-order chi connectivity index (χ0) is 12.5. The summed E-state index contributed by atoms with van der Waals surface area (Å²) in [4.78, 5) is 12.1. The van der Waals surface area contributed by atoms with Gasteiger partial charge >= 0.3 is 0 Å². The Morgan fingerprint density at radius 1 is 1.33 bits per heavy atom. The number of carbonyl (C=O) groups excluding carboxylic acids is 1. The first kappa shape index (κ1) is 11.2. The summed E-state index contributed by atoms with van der Waals surface area (Å²) in [7, 11) is 0. The van der Waals surface area contributed by atoms with E-state index in [2.05, 4.69) is 27.7 Å². The maximum Gasteiger partial charge on any atom is 0.251 e. The number of amides is 1. The highest BCUT2D eigenvalue weighted by Crippen LogP contribution is 2.25. The molecule has 1 amide bonds. The molecule has 1 fully saturated rings. The summed E-state index contributed by atoms with van der Waals surface area (Å²) in [6.45, 7) is 2.19. The lowest BCUT2D eigenvalue weighted by Gasteiger charge is -2.17. The monoisotopic (exact) mass is 244 g/mol. The van der Waals surface area contributed by atoms with Gasteiger partial charge in [0.05, 0.1) is 0 Å². The van der Waals surface area contributed by atoms with Gasteiger partial charge in [0.1, 0.15) is 11.0 Å². The summed E-state index contributed by atoms with van der Waals surface area (Å²) in [5.74, 6) is 0.559. The molecule has 0 unspecified atom stereocenters. The van der Waals surface area contributed by atoms with Gasteiger partial charge in [0.25, 0.3) is 5.91 Å². The number of hydrogen-bond acceptors (Lipinski definition) is 3. The van der Waals surface area contributed by atoms with Crippen LogP contribution in [0, 0.1) is 5.92 Å². The van der Waals surface area contributed by atoms with Gasteiger partial charge < -0.3 is 5.32 Å². The molecule has 1 aliphatic rings. The highest BCUT2D eigenvalue weighted by molar-refractivity contribution is 5.97. The van der Waals surface area contributed by atoms with Crippen LogP contribution in [0.4, 0.5) is 0 Å². The highest BCUT2D eigenvalue weighted by atomic mass is 16.1. The average molecular weight is 244 g/mol. The van der Waals surface area contributed by atoms with Crippen LogP contribution in [0.15, 0.2) is 18.2 Å². The number of nitrogens with zero attached hydrogens (tertiary/aromatic N) is 2. The van der Waals surface area contributed by atoms with Crippen molar-refractivity contribution >= 4 is 16.9 Å². The summed E-state index contributed by atoms with van der Waals surface area (Å²) >= 11 is 0. The van der Waals surface area contributed by atoms with Crippen LogP contribution in [-0.2, 0) is 0 Å². The molecule has 1 aromatic heterocycles. The van der Waals surface area contributed by atoms with Crippen molar-refractivity contribution in [2.45, 2.75) is 32.2 Å². The molecule has 2 atom stereocenters. The Balaban J connectivity index is 1.78. The van der Waals surface area contributed by atoms with Crippen LogP contribution >= 0.6 is 0 Å². The van der Waals surface area contributed by atoms with E-state index in [-0.39, 0.29) is 5.91 Å². The Kier molecular flexibility index (Phi) is 2.74. The SMILES string of the molecule is C[C@@H]1CCC[C@@H]1NC(=O)c1ccc2n[nH]nc2c1. The van der Waals surface area contributed by atoms with Crippen molar-refractivity contribution in [3.63, 3.8) is 0 Å². The Labute approximate surface area is 105 Å². The third-order valence-electron chi connectivity index (χ3n) is 3.76. The molecule has 0 bridgehead atoms. The van der Waals surface area contributed by atoms with Gasteiger partial charge in [-0.05, 0) is 37.0 Å². The zero-order valence-corrected chi connectivity index (χ0v) is 10.3. The van der Waals surface area contributed by atoms with Gasteiger partial charge in [0, 0.05) is 11.6 Å². The maximum absolute atomic E-state index is 12.1. The number of aromatic nitrogens is 3.